The highest BCUT2D eigenvalue weighted by Gasteiger charge is 2.06. The number of non-ortho nitro benzene ring substituents is 1. The second kappa shape index (κ2) is 12.8. The van der Waals surface area contributed by atoms with E-state index in [0.717, 1.165) is 5.56 Å². The van der Waals surface area contributed by atoms with Crippen LogP contribution in [0.15, 0.2) is 77.9 Å². The zero-order chi connectivity index (χ0) is 25.0. The van der Waals surface area contributed by atoms with Gasteiger partial charge in [-0.15, -0.1) is 11.8 Å². The van der Waals surface area contributed by atoms with Gasteiger partial charge in [-0.25, -0.2) is 9.82 Å². The van der Waals surface area contributed by atoms with Crippen molar-refractivity contribution in [2.45, 2.75) is 5.75 Å². The number of rotatable bonds is 11. The fraction of sp³-hybridized carbons (Fsp3) is 0.125. The Balaban J connectivity index is 1.34. The van der Waals surface area contributed by atoms with Crippen molar-refractivity contribution >= 4 is 41.2 Å². The molecule has 9 nitrogen and oxygen atoms in total. The summed E-state index contributed by atoms with van der Waals surface area (Å²) in [4.78, 5) is 34.0. The first-order valence-corrected chi connectivity index (χ1v) is 11.5. The second-order valence-corrected chi connectivity index (χ2v) is 8.11. The van der Waals surface area contributed by atoms with E-state index in [1.165, 1.54) is 54.4 Å². The average Bonchev–Trinajstić information content (AvgIpc) is 2.85. The Morgan fingerprint density at radius 2 is 1.69 bits per heavy atom. The number of carbonyl (C=O) groups excluding carboxylic acids is 2. The van der Waals surface area contributed by atoms with E-state index in [1.54, 1.807) is 36.4 Å². The third kappa shape index (κ3) is 8.89. The summed E-state index contributed by atoms with van der Waals surface area (Å²) < 4.78 is 18.3. The number of anilines is 1. The van der Waals surface area contributed by atoms with Crippen LogP contribution in [-0.2, 0) is 15.3 Å². The standard InChI is InChI=1S/C24H21FN4O5S/c25-19-5-7-20(8-6-19)27-23(30)14-34-22-11-3-17(4-12-22)13-26-28-24(31)16-35-15-18-1-9-21(10-2-18)29(32)33/h1-13H,14-16H2,(H,27,30)(H,28,31)/b26-13-. The summed E-state index contributed by atoms with van der Waals surface area (Å²) >= 11 is 1.36. The molecule has 3 aromatic rings. The van der Waals surface area contributed by atoms with Gasteiger partial charge in [0.15, 0.2) is 6.61 Å². The molecule has 0 unspecified atom stereocenters. The zero-order valence-corrected chi connectivity index (χ0v) is 19.2. The fourth-order valence-corrected chi connectivity index (χ4v) is 3.50. The summed E-state index contributed by atoms with van der Waals surface area (Å²) in [5.74, 6) is 0.153. The van der Waals surface area contributed by atoms with Crippen molar-refractivity contribution in [1.82, 2.24) is 5.43 Å². The minimum Gasteiger partial charge on any atom is -0.484 e. The van der Waals surface area contributed by atoms with Crippen molar-refractivity contribution in [2.75, 3.05) is 17.7 Å². The third-order valence-corrected chi connectivity index (χ3v) is 5.43. The minimum absolute atomic E-state index is 0.0257. The highest BCUT2D eigenvalue weighted by molar-refractivity contribution is 7.99. The summed E-state index contributed by atoms with van der Waals surface area (Å²) in [7, 11) is 0. The van der Waals surface area contributed by atoms with Crippen molar-refractivity contribution in [1.29, 1.82) is 0 Å². The SMILES string of the molecule is O=C(CSCc1ccc([N+](=O)[O-])cc1)N/N=C\c1ccc(OCC(=O)Nc2ccc(F)cc2)cc1. The van der Waals surface area contributed by atoms with Gasteiger partial charge in [-0.05, 0) is 59.7 Å². The van der Waals surface area contributed by atoms with Crippen LogP contribution in [0, 0.1) is 15.9 Å². The number of nitrogens with one attached hydrogen (secondary N) is 2. The predicted octanol–water partition coefficient (Wildman–Crippen LogP) is 4.13. The molecule has 3 aromatic carbocycles. The van der Waals surface area contributed by atoms with Crippen LogP contribution in [-0.4, -0.2) is 35.3 Å². The fourth-order valence-electron chi connectivity index (χ4n) is 2.72. The Kier molecular flexibility index (Phi) is 9.31. The van der Waals surface area contributed by atoms with Gasteiger partial charge in [0.05, 0.1) is 16.9 Å². The Labute approximate surface area is 204 Å². The number of thioether (sulfide) groups is 1. The van der Waals surface area contributed by atoms with Crippen LogP contribution in [0.2, 0.25) is 0 Å². The lowest BCUT2D eigenvalue weighted by Gasteiger charge is -2.07. The minimum atomic E-state index is -0.459. The number of halogens is 1. The van der Waals surface area contributed by atoms with E-state index in [9.17, 15) is 24.1 Å². The number of hydrogen-bond donors (Lipinski definition) is 2. The second-order valence-electron chi connectivity index (χ2n) is 7.12. The van der Waals surface area contributed by atoms with Crippen LogP contribution in [0.5, 0.6) is 5.75 Å². The van der Waals surface area contributed by atoms with Crippen LogP contribution >= 0.6 is 11.8 Å². The van der Waals surface area contributed by atoms with Gasteiger partial charge >= 0.3 is 0 Å². The molecule has 11 heteroatoms. The molecule has 0 aliphatic heterocycles. The molecule has 2 amide bonds. The molecular formula is C24H21FN4O5S. The molecule has 0 spiro atoms. The molecular weight excluding hydrogens is 475 g/mol. The number of benzene rings is 3. The van der Waals surface area contributed by atoms with E-state index in [0.29, 0.717) is 22.8 Å². The molecule has 0 radical (unpaired) electrons. The normalized spacial score (nSPS) is 10.7. The first-order chi connectivity index (χ1) is 16.9. The zero-order valence-electron chi connectivity index (χ0n) is 18.3. The summed E-state index contributed by atoms with van der Waals surface area (Å²) in [5, 5.41) is 17.2. The highest BCUT2D eigenvalue weighted by Crippen LogP contribution is 2.17. The van der Waals surface area contributed by atoms with Gasteiger partial charge in [0, 0.05) is 23.6 Å². The molecule has 0 atom stereocenters. The van der Waals surface area contributed by atoms with E-state index >= 15 is 0 Å². The van der Waals surface area contributed by atoms with Gasteiger partial charge < -0.3 is 10.1 Å². The maximum absolute atomic E-state index is 12.9. The molecule has 0 saturated carbocycles. The van der Waals surface area contributed by atoms with Gasteiger partial charge in [0.1, 0.15) is 11.6 Å². The lowest BCUT2D eigenvalue weighted by atomic mass is 10.2. The lowest BCUT2D eigenvalue weighted by molar-refractivity contribution is -0.384. The summed E-state index contributed by atoms with van der Waals surface area (Å²) in [6.45, 7) is -0.210. The van der Waals surface area contributed by atoms with Gasteiger partial charge in [-0.1, -0.05) is 12.1 Å². The topological polar surface area (TPSA) is 123 Å². The monoisotopic (exact) mass is 496 g/mol. The van der Waals surface area contributed by atoms with Crippen molar-refractivity contribution in [3.8, 4) is 5.75 Å². The lowest BCUT2D eigenvalue weighted by Crippen LogP contribution is -2.20. The van der Waals surface area contributed by atoms with Crippen LogP contribution in [0.25, 0.3) is 0 Å². The predicted molar refractivity (Wildman–Crippen MR) is 132 cm³/mol. The molecule has 0 bridgehead atoms. The third-order valence-electron chi connectivity index (χ3n) is 4.43. The van der Waals surface area contributed by atoms with E-state index < -0.39 is 4.92 Å². The Morgan fingerprint density at radius 3 is 2.34 bits per heavy atom. The van der Waals surface area contributed by atoms with E-state index in [-0.39, 0.29) is 35.7 Å². The molecule has 180 valence electrons. The van der Waals surface area contributed by atoms with Crippen LogP contribution < -0.4 is 15.5 Å². The van der Waals surface area contributed by atoms with Crippen molar-refractivity contribution in [3.05, 3.63) is 99.9 Å². The van der Waals surface area contributed by atoms with Crippen LogP contribution in [0.3, 0.4) is 0 Å². The van der Waals surface area contributed by atoms with Gasteiger partial charge in [0.2, 0.25) is 5.91 Å². The molecule has 2 N–H and O–H groups in total. The molecule has 0 heterocycles. The van der Waals surface area contributed by atoms with E-state index in [4.69, 9.17) is 4.74 Å². The Morgan fingerprint density at radius 1 is 1.00 bits per heavy atom. The summed E-state index contributed by atoms with van der Waals surface area (Å²) in [6.07, 6.45) is 1.48. The van der Waals surface area contributed by atoms with Crippen molar-refractivity contribution < 1.29 is 23.6 Å². The number of carbonyl (C=O) groups is 2. The first-order valence-electron chi connectivity index (χ1n) is 10.3. The average molecular weight is 497 g/mol. The molecule has 0 aliphatic rings. The molecule has 0 aliphatic carbocycles. The number of hydrogen-bond acceptors (Lipinski definition) is 7. The van der Waals surface area contributed by atoms with Crippen LogP contribution in [0.1, 0.15) is 11.1 Å². The number of hydrazone groups is 1. The largest absolute Gasteiger partial charge is 0.484 e. The van der Waals surface area contributed by atoms with Gasteiger partial charge in [-0.2, -0.15) is 5.10 Å². The Bertz CT molecular complexity index is 1190. The van der Waals surface area contributed by atoms with Crippen molar-refractivity contribution in [3.63, 3.8) is 0 Å². The Hall–Kier alpha value is -4.25. The first kappa shape index (κ1) is 25.4. The molecule has 0 saturated heterocycles. The van der Waals surface area contributed by atoms with Gasteiger partial charge in [0.25, 0.3) is 11.6 Å². The molecule has 35 heavy (non-hydrogen) atoms. The summed E-state index contributed by atoms with van der Waals surface area (Å²) in [5.41, 5.74) is 4.53. The number of nitro groups is 1. The maximum Gasteiger partial charge on any atom is 0.269 e. The molecule has 3 rings (SSSR count). The number of nitrogens with zero attached hydrogens (tertiary/aromatic N) is 2. The number of amides is 2. The quantitative estimate of drug-likeness (QED) is 0.234. The van der Waals surface area contributed by atoms with E-state index in [1.807, 2.05) is 0 Å². The van der Waals surface area contributed by atoms with Gasteiger partial charge in [-0.3, -0.25) is 19.7 Å². The number of nitro benzene ring substituents is 1. The van der Waals surface area contributed by atoms with Crippen LogP contribution in [0.4, 0.5) is 15.8 Å². The van der Waals surface area contributed by atoms with E-state index in [2.05, 4.69) is 15.8 Å². The maximum atomic E-state index is 12.9. The number of ether oxygens (including phenoxy) is 1. The molecule has 0 aromatic heterocycles. The molecule has 0 fully saturated rings. The smallest absolute Gasteiger partial charge is 0.269 e. The summed E-state index contributed by atoms with van der Waals surface area (Å²) in [6, 6.07) is 18.3. The van der Waals surface area contributed by atoms with Crippen molar-refractivity contribution in [2.24, 2.45) is 5.10 Å². The highest BCUT2D eigenvalue weighted by atomic mass is 32.2.